The van der Waals surface area contributed by atoms with E-state index in [1.165, 1.54) is 17.7 Å². The molecule has 1 aliphatic heterocycles. The van der Waals surface area contributed by atoms with Crippen molar-refractivity contribution in [2.24, 2.45) is 0 Å². The van der Waals surface area contributed by atoms with Crippen LogP contribution in [0.15, 0.2) is 30.3 Å². The first-order valence-electron chi connectivity index (χ1n) is 11.3. The Kier molecular flexibility index (Phi) is 9.89. The van der Waals surface area contributed by atoms with Gasteiger partial charge in [0.15, 0.2) is 0 Å². The molecule has 0 aromatic heterocycles. The molecule has 5 nitrogen and oxygen atoms in total. The Hall–Kier alpha value is -2.17. The van der Waals surface area contributed by atoms with Crippen molar-refractivity contribution in [1.29, 1.82) is 0 Å². The molecule has 1 fully saturated rings. The molecule has 0 bridgehead atoms. The Balaban J connectivity index is 2.09. The van der Waals surface area contributed by atoms with Crippen molar-refractivity contribution >= 4 is 17.7 Å². The van der Waals surface area contributed by atoms with Crippen molar-refractivity contribution in [3.63, 3.8) is 0 Å². The third-order valence-electron chi connectivity index (χ3n) is 5.61. The molecular formula is C24H36N2O3. The smallest absolute Gasteiger partial charge is 0.261 e. The molecule has 1 aromatic carbocycles. The van der Waals surface area contributed by atoms with Crippen LogP contribution >= 0.6 is 0 Å². The van der Waals surface area contributed by atoms with E-state index in [-0.39, 0.29) is 24.1 Å². The van der Waals surface area contributed by atoms with Gasteiger partial charge in [-0.3, -0.25) is 19.3 Å². The number of benzene rings is 1. The van der Waals surface area contributed by atoms with E-state index in [9.17, 15) is 14.4 Å². The van der Waals surface area contributed by atoms with Crippen molar-refractivity contribution < 1.29 is 14.4 Å². The summed E-state index contributed by atoms with van der Waals surface area (Å²) >= 11 is 0. The summed E-state index contributed by atoms with van der Waals surface area (Å²) in [6.07, 6.45) is 9.47. The van der Waals surface area contributed by atoms with Crippen LogP contribution in [0.3, 0.4) is 0 Å². The molecule has 29 heavy (non-hydrogen) atoms. The van der Waals surface area contributed by atoms with Gasteiger partial charge in [-0.2, -0.15) is 0 Å². The van der Waals surface area contributed by atoms with E-state index in [4.69, 9.17) is 0 Å². The minimum absolute atomic E-state index is 0.0619. The summed E-state index contributed by atoms with van der Waals surface area (Å²) in [7, 11) is 0. The number of likely N-dealkylation sites (tertiary alicyclic amines) is 1. The van der Waals surface area contributed by atoms with Gasteiger partial charge in [-0.05, 0) is 31.4 Å². The molecule has 1 atom stereocenters. The Morgan fingerprint density at radius 3 is 2.07 bits per heavy atom. The fourth-order valence-corrected chi connectivity index (χ4v) is 3.89. The predicted molar refractivity (Wildman–Crippen MR) is 116 cm³/mol. The molecule has 0 spiro atoms. The van der Waals surface area contributed by atoms with Crippen LogP contribution in [0.2, 0.25) is 0 Å². The Morgan fingerprint density at radius 1 is 0.931 bits per heavy atom. The zero-order valence-electron chi connectivity index (χ0n) is 18.1. The van der Waals surface area contributed by atoms with Gasteiger partial charge in [0.25, 0.3) is 5.91 Å². The lowest BCUT2D eigenvalue weighted by Crippen LogP contribution is -2.49. The number of nitrogens with zero attached hydrogens (tertiary/aromatic N) is 2. The number of unbranched alkanes of at least 4 members (excludes halogenated alkanes) is 6. The first kappa shape index (κ1) is 23.1. The van der Waals surface area contributed by atoms with Crippen molar-refractivity contribution in [3.05, 3.63) is 35.9 Å². The van der Waals surface area contributed by atoms with Crippen LogP contribution in [0, 0.1) is 0 Å². The highest BCUT2D eigenvalue weighted by atomic mass is 16.2. The zero-order chi connectivity index (χ0) is 21.1. The summed E-state index contributed by atoms with van der Waals surface area (Å²) in [5.41, 5.74) is 0.456. The molecule has 0 N–H and O–H groups in total. The molecule has 1 saturated heterocycles. The molecule has 1 aromatic rings. The third-order valence-corrected chi connectivity index (χ3v) is 5.61. The quantitative estimate of drug-likeness (QED) is 0.374. The monoisotopic (exact) mass is 400 g/mol. The molecule has 3 amide bonds. The van der Waals surface area contributed by atoms with Crippen LogP contribution in [0.25, 0.3) is 0 Å². The second-order valence-electron chi connectivity index (χ2n) is 7.94. The lowest BCUT2D eigenvalue weighted by molar-refractivity contribution is -0.139. The molecule has 1 heterocycles. The number of hydrogen-bond donors (Lipinski definition) is 0. The van der Waals surface area contributed by atoms with Gasteiger partial charge in [-0.25, -0.2) is 0 Å². The van der Waals surface area contributed by atoms with E-state index >= 15 is 0 Å². The number of rotatable bonds is 12. The van der Waals surface area contributed by atoms with Gasteiger partial charge < -0.3 is 4.90 Å². The Bertz CT molecular complexity index is 647. The van der Waals surface area contributed by atoms with E-state index < -0.39 is 6.04 Å². The van der Waals surface area contributed by atoms with Crippen LogP contribution in [-0.2, 0) is 9.59 Å². The van der Waals surface area contributed by atoms with Gasteiger partial charge in [0.1, 0.15) is 6.04 Å². The van der Waals surface area contributed by atoms with Gasteiger partial charge in [-0.15, -0.1) is 0 Å². The van der Waals surface area contributed by atoms with E-state index in [1.54, 1.807) is 24.3 Å². The summed E-state index contributed by atoms with van der Waals surface area (Å²) < 4.78 is 0. The summed E-state index contributed by atoms with van der Waals surface area (Å²) in [5, 5.41) is 0. The fourth-order valence-electron chi connectivity index (χ4n) is 3.89. The average Bonchev–Trinajstić information content (AvgIpc) is 3.13. The normalized spacial score (nSPS) is 16.3. The zero-order valence-corrected chi connectivity index (χ0v) is 18.1. The second-order valence-corrected chi connectivity index (χ2v) is 7.94. The molecule has 160 valence electrons. The third kappa shape index (κ3) is 6.69. The maximum atomic E-state index is 13.3. The van der Waals surface area contributed by atoms with E-state index in [0.29, 0.717) is 25.1 Å². The second kappa shape index (κ2) is 12.4. The van der Waals surface area contributed by atoms with Crippen LogP contribution < -0.4 is 0 Å². The minimum atomic E-state index is -0.660. The molecule has 0 radical (unpaired) electrons. The summed E-state index contributed by atoms with van der Waals surface area (Å²) in [4.78, 5) is 41.8. The summed E-state index contributed by atoms with van der Waals surface area (Å²) in [6, 6.07) is 8.12. The van der Waals surface area contributed by atoms with Crippen LogP contribution in [0.1, 0.15) is 88.4 Å². The van der Waals surface area contributed by atoms with Crippen molar-refractivity contribution in [3.8, 4) is 0 Å². The standard InChI is InChI=1S/C24H36N2O3/c1-3-5-7-12-18-25(19-13-8-6-4-2)24(29)21-16-17-22(27)26(21)23(28)20-14-10-9-11-15-20/h9-11,14-15,21H,3-8,12-13,16-19H2,1-2H3. The minimum Gasteiger partial charge on any atom is -0.341 e. The number of amides is 3. The predicted octanol–water partition coefficient (Wildman–Crippen LogP) is 4.81. The van der Waals surface area contributed by atoms with Crippen molar-refractivity contribution in [2.45, 2.75) is 84.1 Å². The van der Waals surface area contributed by atoms with Gasteiger partial charge in [-0.1, -0.05) is 70.6 Å². The first-order valence-corrected chi connectivity index (χ1v) is 11.3. The molecule has 0 aliphatic carbocycles. The SMILES string of the molecule is CCCCCCN(CCCCCC)C(=O)C1CCC(=O)N1C(=O)c1ccccc1. The number of imide groups is 1. The largest absolute Gasteiger partial charge is 0.341 e. The van der Waals surface area contributed by atoms with Crippen LogP contribution in [0.5, 0.6) is 0 Å². The van der Waals surface area contributed by atoms with Crippen LogP contribution in [0.4, 0.5) is 0 Å². The summed E-state index contributed by atoms with van der Waals surface area (Å²) in [6.45, 7) is 5.77. The van der Waals surface area contributed by atoms with Crippen LogP contribution in [-0.4, -0.2) is 46.7 Å². The van der Waals surface area contributed by atoms with E-state index in [2.05, 4.69) is 13.8 Å². The van der Waals surface area contributed by atoms with Gasteiger partial charge >= 0.3 is 0 Å². The number of carbonyl (C=O) groups excluding carboxylic acids is 3. The lowest BCUT2D eigenvalue weighted by Gasteiger charge is -2.29. The first-order chi connectivity index (χ1) is 14.1. The highest BCUT2D eigenvalue weighted by Gasteiger charge is 2.42. The average molecular weight is 401 g/mol. The highest BCUT2D eigenvalue weighted by molar-refractivity contribution is 6.09. The maximum Gasteiger partial charge on any atom is 0.261 e. The van der Waals surface area contributed by atoms with Crippen molar-refractivity contribution in [2.75, 3.05) is 13.1 Å². The summed E-state index contributed by atoms with van der Waals surface area (Å²) in [5.74, 6) is -0.661. The lowest BCUT2D eigenvalue weighted by atomic mass is 10.1. The maximum absolute atomic E-state index is 13.3. The Morgan fingerprint density at radius 2 is 1.52 bits per heavy atom. The van der Waals surface area contributed by atoms with Gasteiger partial charge in [0, 0.05) is 25.1 Å². The molecule has 2 rings (SSSR count). The Labute approximate surface area is 175 Å². The van der Waals surface area contributed by atoms with Crippen molar-refractivity contribution in [1.82, 2.24) is 9.80 Å². The highest BCUT2D eigenvalue weighted by Crippen LogP contribution is 2.24. The van der Waals surface area contributed by atoms with Gasteiger partial charge in [0.05, 0.1) is 0 Å². The molecular weight excluding hydrogens is 364 g/mol. The van der Waals surface area contributed by atoms with E-state index in [1.807, 2.05) is 11.0 Å². The number of carbonyl (C=O) groups is 3. The molecule has 0 saturated carbocycles. The van der Waals surface area contributed by atoms with Gasteiger partial charge in [0.2, 0.25) is 11.8 Å². The number of hydrogen-bond acceptors (Lipinski definition) is 3. The van der Waals surface area contributed by atoms with E-state index in [0.717, 1.165) is 38.5 Å². The molecule has 1 aliphatic rings. The topological polar surface area (TPSA) is 57.7 Å². The molecule has 5 heteroatoms. The molecule has 1 unspecified atom stereocenters. The fraction of sp³-hybridized carbons (Fsp3) is 0.625.